The highest BCUT2D eigenvalue weighted by Gasteiger charge is 2.32. The molecule has 37 heavy (non-hydrogen) atoms. The fraction of sp³-hybridized carbons (Fsp3) is 0.321. The predicted molar refractivity (Wildman–Crippen MR) is 144 cm³/mol. The summed E-state index contributed by atoms with van der Waals surface area (Å²) in [6, 6.07) is 7.80. The molecular formula is C28H31ClN4O4. The van der Waals surface area contributed by atoms with E-state index in [2.05, 4.69) is 11.6 Å². The van der Waals surface area contributed by atoms with E-state index in [9.17, 15) is 9.90 Å². The van der Waals surface area contributed by atoms with Gasteiger partial charge in [-0.25, -0.2) is 4.98 Å². The molecule has 2 aromatic heterocycles. The van der Waals surface area contributed by atoms with Gasteiger partial charge in [-0.1, -0.05) is 36.4 Å². The number of allylic oxidation sites excluding steroid dienone is 1. The number of carbonyl (C=O) groups is 1. The van der Waals surface area contributed by atoms with Gasteiger partial charge in [-0.05, 0) is 38.5 Å². The summed E-state index contributed by atoms with van der Waals surface area (Å²) < 4.78 is 11.8. The molecule has 2 unspecified atom stereocenters. The third-order valence-electron chi connectivity index (χ3n) is 6.20. The molecule has 1 aliphatic heterocycles. The topological polar surface area (TPSA) is 88.0 Å². The van der Waals surface area contributed by atoms with Gasteiger partial charge in [0, 0.05) is 54.5 Å². The van der Waals surface area contributed by atoms with E-state index >= 15 is 0 Å². The zero-order chi connectivity index (χ0) is 26.5. The van der Waals surface area contributed by atoms with Gasteiger partial charge >= 0.3 is 0 Å². The normalized spacial score (nSPS) is 18.0. The minimum absolute atomic E-state index is 0.147. The van der Waals surface area contributed by atoms with Gasteiger partial charge in [0.25, 0.3) is 5.91 Å². The van der Waals surface area contributed by atoms with Crippen molar-refractivity contribution in [2.24, 2.45) is 0 Å². The Kier molecular flexibility index (Phi) is 8.43. The van der Waals surface area contributed by atoms with Crippen LogP contribution in [-0.2, 0) is 22.7 Å². The van der Waals surface area contributed by atoms with Crippen LogP contribution in [0.3, 0.4) is 0 Å². The fourth-order valence-electron chi connectivity index (χ4n) is 4.44. The van der Waals surface area contributed by atoms with Crippen molar-refractivity contribution in [1.29, 1.82) is 0 Å². The van der Waals surface area contributed by atoms with Crippen LogP contribution in [0, 0.1) is 6.92 Å². The largest absolute Gasteiger partial charge is 0.487 e. The van der Waals surface area contributed by atoms with Crippen LogP contribution in [0.5, 0.6) is 5.75 Å². The molecule has 9 heteroatoms. The van der Waals surface area contributed by atoms with Gasteiger partial charge in [-0.15, -0.1) is 0 Å². The van der Waals surface area contributed by atoms with Gasteiger partial charge in [0.2, 0.25) is 0 Å². The van der Waals surface area contributed by atoms with E-state index in [1.807, 2.05) is 55.3 Å². The first kappa shape index (κ1) is 26.6. The molecular weight excluding hydrogens is 492 g/mol. The number of amides is 1. The second kappa shape index (κ2) is 11.7. The molecule has 2 atom stereocenters. The van der Waals surface area contributed by atoms with E-state index < -0.39 is 12.2 Å². The lowest BCUT2D eigenvalue weighted by atomic mass is 10.1. The molecule has 0 saturated carbocycles. The van der Waals surface area contributed by atoms with Crippen LogP contribution in [0.15, 0.2) is 61.7 Å². The van der Waals surface area contributed by atoms with Crippen molar-refractivity contribution in [2.75, 3.05) is 18.1 Å². The first-order valence-electron chi connectivity index (χ1n) is 12.1. The number of aryl methyl sites for hydroxylation is 1. The quantitative estimate of drug-likeness (QED) is 0.433. The van der Waals surface area contributed by atoms with Crippen molar-refractivity contribution in [1.82, 2.24) is 14.9 Å². The van der Waals surface area contributed by atoms with E-state index in [-0.39, 0.29) is 32.2 Å². The summed E-state index contributed by atoms with van der Waals surface area (Å²) in [5.74, 6) is 0.466. The predicted octanol–water partition coefficient (Wildman–Crippen LogP) is 4.76. The summed E-state index contributed by atoms with van der Waals surface area (Å²) >= 11 is 6.55. The summed E-state index contributed by atoms with van der Waals surface area (Å²) in [5.41, 5.74) is 4.01. The number of pyridine rings is 2. The monoisotopic (exact) mass is 522 g/mol. The third kappa shape index (κ3) is 5.77. The van der Waals surface area contributed by atoms with Crippen LogP contribution in [0.25, 0.3) is 10.9 Å². The van der Waals surface area contributed by atoms with Gasteiger partial charge in [-0.2, -0.15) is 0 Å². The molecule has 194 valence electrons. The second-order valence-corrected chi connectivity index (χ2v) is 9.26. The molecule has 1 aliphatic rings. The van der Waals surface area contributed by atoms with Gasteiger partial charge in [0.15, 0.2) is 0 Å². The Morgan fingerprint density at radius 2 is 2.19 bits per heavy atom. The van der Waals surface area contributed by atoms with Gasteiger partial charge in [0.05, 0.1) is 23.4 Å². The molecule has 3 heterocycles. The maximum absolute atomic E-state index is 12.7. The number of benzene rings is 1. The average Bonchev–Trinajstić information content (AvgIpc) is 2.89. The SMILES string of the molecule is C=CN(/C=C\C)c1cc(C)nc2c(OCc3c(Cl)cncc3CN3CC(CO)OC(C)C3=O)cccc12. The number of morpholine rings is 1. The lowest BCUT2D eigenvalue weighted by Gasteiger charge is -2.36. The van der Waals surface area contributed by atoms with Crippen LogP contribution in [0.2, 0.25) is 5.02 Å². The number of aliphatic hydroxyl groups excluding tert-OH is 1. The van der Waals surface area contributed by atoms with Gasteiger partial charge in [-0.3, -0.25) is 9.78 Å². The van der Waals surface area contributed by atoms with Gasteiger partial charge < -0.3 is 24.4 Å². The first-order chi connectivity index (χ1) is 17.9. The Labute approximate surface area is 221 Å². The lowest BCUT2D eigenvalue weighted by molar-refractivity contribution is -0.164. The van der Waals surface area contributed by atoms with Crippen LogP contribution < -0.4 is 9.64 Å². The maximum Gasteiger partial charge on any atom is 0.251 e. The molecule has 1 amide bonds. The third-order valence-corrected chi connectivity index (χ3v) is 6.53. The number of ether oxygens (including phenoxy) is 2. The number of hydrogen-bond donors (Lipinski definition) is 1. The number of anilines is 1. The average molecular weight is 523 g/mol. The highest BCUT2D eigenvalue weighted by Crippen LogP contribution is 2.34. The van der Waals surface area contributed by atoms with Gasteiger partial charge in [0.1, 0.15) is 24.0 Å². The van der Waals surface area contributed by atoms with Crippen LogP contribution in [0.1, 0.15) is 30.7 Å². The number of carbonyl (C=O) groups excluding carboxylic acids is 1. The van der Waals surface area contributed by atoms with Crippen LogP contribution in [0.4, 0.5) is 5.69 Å². The van der Waals surface area contributed by atoms with Crippen LogP contribution in [-0.4, -0.2) is 51.2 Å². The zero-order valence-corrected chi connectivity index (χ0v) is 22.0. The Bertz CT molecular complexity index is 1330. The van der Waals surface area contributed by atoms with E-state index in [1.165, 1.54) is 0 Å². The smallest absolute Gasteiger partial charge is 0.251 e. The molecule has 8 nitrogen and oxygen atoms in total. The number of aromatic nitrogens is 2. The molecule has 0 radical (unpaired) electrons. The fourth-order valence-corrected chi connectivity index (χ4v) is 4.67. The molecule has 1 N–H and O–H groups in total. The van der Waals surface area contributed by atoms with Crippen molar-refractivity contribution in [2.45, 2.75) is 46.1 Å². The summed E-state index contributed by atoms with van der Waals surface area (Å²) in [5, 5.41) is 10.9. The number of aliphatic hydroxyl groups is 1. The number of nitrogens with zero attached hydrogens (tertiary/aromatic N) is 4. The van der Waals surface area contributed by atoms with Crippen molar-refractivity contribution in [3.05, 3.63) is 83.6 Å². The first-order valence-corrected chi connectivity index (χ1v) is 12.5. The minimum atomic E-state index is -0.630. The van der Waals surface area contributed by atoms with E-state index in [0.29, 0.717) is 10.8 Å². The molecule has 4 rings (SSSR count). The lowest BCUT2D eigenvalue weighted by Crippen LogP contribution is -2.51. The molecule has 3 aromatic rings. The van der Waals surface area contributed by atoms with Crippen molar-refractivity contribution >= 4 is 34.1 Å². The molecule has 0 bridgehead atoms. The highest BCUT2D eigenvalue weighted by atomic mass is 35.5. The van der Waals surface area contributed by atoms with Crippen molar-refractivity contribution < 1.29 is 19.4 Å². The van der Waals surface area contributed by atoms with E-state index in [0.717, 1.165) is 33.4 Å². The summed E-state index contributed by atoms with van der Waals surface area (Å²) in [7, 11) is 0. The summed E-state index contributed by atoms with van der Waals surface area (Å²) in [6.45, 7) is 10.1. The van der Waals surface area contributed by atoms with Crippen molar-refractivity contribution in [3.8, 4) is 5.75 Å². The Morgan fingerprint density at radius 3 is 2.92 bits per heavy atom. The maximum atomic E-state index is 12.7. The number of para-hydroxylation sites is 1. The summed E-state index contributed by atoms with van der Waals surface area (Å²) in [4.78, 5) is 25.3. The number of rotatable bonds is 9. The number of hydrogen-bond acceptors (Lipinski definition) is 7. The Balaban J connectivity index is 1.64. The van der Waals surface area contributed by atoms with Crippen molar-refractivity contribution in [3.63, 3.8) is 0 Å². The molecule has 1 saturated heterocycles. The molecule has 1 fully saturated rings. The number of halogens is 1. The van der Waals surface area contributed by atoms with Crippen LogP contribution >= 0.6 is 11.6 Å². The molecule has 0 aliphatic carbocycles. The van der Waals surface area contributed by atoms with E-state index in [1.54, 1.807) is 30.4 Å². The molecule has 1 aromatic carbocycles. The molecule has 0 spiro atoms. The van der Waals surface area contributed by atoms with E-state index in [4.69, 9.17) is 26.1 Å². The Morgan fingerprint density at radius 1 is 1.38 bits per heavy atom. The minimum Gasteiger partial charge on any atom is -0.487 e. The zero-order valence-electron chi connectivity index (χ0n) is 21.2. The summed E-state index contributed by atoms with van der Waals surface area (Å²) in [6.07, 6.45) is 7.82. The number of fused-ring (bicyclic) bond motifs is 1. The Hall–Kier alpha value is -3.46. The highest BCUT2D eigenvalue weighted by molar-refractivity contribution is 6.31. The second-order valence-electron chi connectivity index (χ2n) is 8.86. The standard InChI is InChI=1S/C28H31ClN4O4/c1-5-10-32(6-2)25-11-18(3)31-27-22(25)8-7-9-26(27)36-17-23-20(12-30-13-24(23)29)14-33-15-21(16-34)37-19(4)28(33)35/h5-13,19,21,34H,2,14-17H2,1,3-4H3/b10-5-.